The second kappa shape index (κ2) is 6.44. The number of rotatable bonds is 6. The van der Waals surface area contributed by atoms with Gasteiger partial charge in [0, 0.05) is 0 Å². The Kier molecular flexibility index (Phi) is 4.88. The normalized spacial score (nSPS) is 11.8. The quantitative estimate of drug-likeness (QED) is 0.556. The van der Waals surface area contributed by atoms with Crippen LogP contribution in [-0.2, 0) is 0 Å². The molecule has 0 spiro atoms. The summed E-state index contributed by atoms with van der Waals surface area (Å²) in [7, 11) is 0.805. The zero-order chi connectivity index (χ0) is 13.8. The van der Waals surface area contributed by atoms with Crippen molar-refractivity contribution in [3.05, 3.63) is 41.7 Å². The van der Waals surface area contributed by atoms with Gasteiger partial charge in [0.05, 0.1) is 0 Å². The average molecular weight is 272 g/mol. The maximum absolute atomic E-state index is 4.08. The minimum Gasteiger partial charge on any atom is -0.124 e. The second-order valence-electron chi connectivity index (χ2n) is 5.58. The number of fused-ring (bicyclic) bond motifs is 1. The van der Waals surface area contributed by atoms with E-state index in [-0.39, 0.29) is 0 Å². The van der Waals surface area contributed by atoms with Gasteiger partial charge in [0.1, 0.15) is 0 Å². The minimum absolute atomic E-state index is 0.742. The van der Waals surface area contributed by atoms with Crippen molar-refractivity contribution in [1.29, 1.82) is 0 Å². The fraction of sp³-hybridized carbons (Fsp3) is 0.444. The van der Waals surface area contributed by atoms with E-state index in [1.165, 1.54) is 52.6 Å². The molecule has 0 aliphatic rings. The third-order valence-corrected chi connectivity index (χ3v) is 5.42. The van der Waals surface area contributed by atoms with Crippen LogP contribution in [0.25, 0.3) is 16.1 Å². The summed E-state index contributed by atoms with van der Waals surface area (Å²) in [5, 5.41) is 4.36. The van der Waals surface area contributed by atoms with E-state index < -0.39 is 0 Å². The van der Waals surface area contributed by atoms with E-state index in [0.717, 1.165) is 14.1 Å². The lowest BCUT2D eigenvalue weighted by molar-refractivity contribution is 0.561. The standard InChI is InChI=1S/C18H25P/c1-5-7-14(8-6-2)15-9-10-17-16(11-15)12-18(19-17)13(3)4/h9-12,14,19H,3,5-8H2,1-2,4H3. The van der Waals surface area contributed by atoms with Gasteiger partial charge in [-0.2, -0.15) is 0 Å². The Labute approximate surface area is 119 Å². The SMILES string of the molecule is C=C(C)c1cc2cc(C(CCC)CCC)ccc2[pH]1. The predicted molar refractivity (Wildman–Crippen MR) is 90.7 cm³/mol. The summed E-state index contributed by atoms with van der Waals surface area (Å²) in [4.78, 5) is 0. The fourth-order valence-electron chi connectivity index (χ4n) is 2.81. The molecule has 0 nitrogen and oxygen atoms in total. The third-order valence-electron chi connectivity index (χ3n) is 3.85. The van der Waals surface area contributed by atoms with Crippen molar-refractivity contribution >= 4 is 24.3 Å². The predicted octanol–water partition coefficient (Wildman–Crippen LogP) is 6.59. The Bertz CT molecular complexity index is 556. The average Bonchev–Trinajstić information content (AvgIpc) is 2.81. The lowest BCUT2D eigenvalue weighted by Gasteiger charge is -2.15. The summed E-state index contributed by atoms with van der Waals surface area (Å²) in [6.07, 6.45) is 5.17. The first-order valence-corrected chi connectivity index (χ1v) is 8.44. The first-order valence-electron chi connectivity index (χ1n) is 7.44. The Morgan fingerprint density at radius 3 is 2.42 bits per heavy atom. The van der Waals surface area contributed by atoms with Gasteiger partial charge in [-0.3, -0.25) is 0 Å². The molecule has 1 aromatic heterocycles. The summed E-state index contributed by atoms with van der Waals surface area (Å²) in [6.45, 7) is 10.8. The van der Waals surface area contributed by atoms with E-state index >= 15 is 0 Å². The topological polar surface area (TPSA) is 0 Å². The molecule has 102 valence electrons. The smallest absolute Gasteiger partial charge is 0.00120 e. The van der Waals surface area contributed by atoms with Crippen molar-refractivity contribution in [1.82, 2.24) is 0 Å². The molecule has 1 aromatic carbocycles. The van der Waals surface area contributed by atoms with Crippen LogP contribution in [0.1, 0.15) is 63.2 Å². The van der Waals surface area contributed by atoms with Crippen LogP contribution in [0.5, 0.6) is 0 Å². The highest BCUT2D eigenvalue weighted by atomic mass is 31.0. The van der Waals surface area contributed by atoms with Gasteiger partial charge in [-0.05, 0) is 58.7 Å². The van der Waals surface area contributed by atoms with E-state index in [9.17, 15) is 0 Å². The van der Waals surface area contributed by atoms with Gasteiger partial charge in [0.25, 0.3) is 0 Å². The highest BCUT2D eigenvalue weighted by molar-refractivity contribution is 7.38. The highest BCUT2D eigenvalue weighted by Crippen LogP contribution is 2.37. The van der Waals surface area contributed by atoms with Crippen LogP contribution in [0.2, 0.25) is 0 Å². The van der Waals surface area contributed by atoms with Gasteiger partial charge in [-0.15, -0.1) is 8.19 Å². The van der Waals surface area contributed by atoms with Gasteiger partial charge >= 0.3 is 0 Å². The molecule has 0 N–H and O–H groups in total. The van der Waals surface area contributed by atoms with Crippen molar-refractivity contribution in [3.8, 4) is 0 Å². The summed E-state index contributed by atoms with van der Waals surface area (Å²) in [5.41, 5.74) is 2.75. The molecule has 0 amide bonds. The molecule has 0 saturated heterocycles. The Hall–Kier alpha value is -1.000. The van der Waals surface area contributed by atoms with Crippen molar-refractivity contribution in [2.75, 3.05) is 0 Å². The van der Waals surface area contributed by atoms with Crippen LogP contribution in [-0.4, -0.2) is 0 Å². The minimum atomic E-state index is 0.742. The molecule has 2 aromatic rings. The van der Waals surface area contributed by atoms with E-state index in [1.54, 1.807) is 0 Å². The highest BCUT2D eigenvalue weighted by Gasteiger charge is 2.11. The molecule has 1 heterocycles. The number of allylic oxidation sites excluding steroid dienone is 1. The summed E-state index contributed by atoms with van der Waals surface area (Å²) in [5.74, 6) is 0.742. The van der Waals surface area contributed by atoms with Gasteiger partial charge in [0.2, 0.25) is 0 Å². The van der Waals surface area contributed by atoms with Crippen LogP contribution in [0.4, 0.5) is 0 Å². The molecule has 0 radical (unpaired) electrons. The zero-order valence-corrected chi connectivity index (χ0v) is 13.4. The molecule has 0 fully saturated rings. The van der Waals surface area contributed by atoms with E-state index in [2.05, 4.69) is 51.6 Å². The van der Waals surface area contributed by atoms with Gasteiger partial charge in [0.15, 0.2) is 0 Å². The Morgan fingerprint density at radius 2 is 1.84 bits per heavy atom. The monoisotopic (exact) mass is 272 g/mol. The molecule has 1 heteroatoms. The lowest BCUT2D eigenvalue weighted by atomic mass is 9.90. The first kappa shape index (κ1) is 14.4. The van der Waals surface area contributed by atoms with E-state index in [0.29, 0.717) is 0 Å². The van der Waals surface area contributed by atoms with Crippen molar-refractivity contribution < 1.29 is 0 Å². The number of hydrogen-bond acceptors (Lipinski definition) is 0. The first-order chi connectivity index (χ1) is 9.15. The Morgan fingerprint density at radius 1 is 1.16 bits per heavy atom. The molecule has 1 atom stereocenters. The molecular formula is C18H25P. The van der Waals surface area contributed by atoms with Crippen molar-refractivity contribution in [2.24, 2.45) is 0 Å². The second-order valence-corrected chi connectivity index (χ2v) is 6.91. The zero-order valence-electron chi connectivity index (χ0n) is 12.4. The fourth-order valence-corrected chi connectivity index (χ4v) is 4.00. The third kappa shape index (κ3) is 3.31. The van der Waals surface area contributed by atoms with Crippen LogP contribution >= 0.6 is 8.19 Å². The molecule has 19 heavy (non-hydrogen) atoms. The summed E-state index contributed by atoms with van der Waals surface area (Å²) >= 11 is 0. The van der Waals surface area contributed by atoms with Crippen LogP contribution in [0.15, 0.2) is 30.8 Å². The molecule has 0 aliphatic carbocycles. The van der Waals surface area contributed by atoms with Crippen LogP contribution in [0, 0.1) is 0 Å². The summed E-state index contributed by atoms with van der Waals surface area (Å²) < 4.78 is 0. The molecule has 1 unspecified atom stereocenters. The molecular weight excluding hydrogens is 247 g/mol. The van der Waals surface area contributed by atoms with Gasteiger partial charge in [-0.25, -0.2) is 0 Å². The van der Waals surface area contributed by atoms with E-state index in [1.807, 2.05) is 0 Å². The van der Waals surface area contributed by atoms with Crippen LogP contribution in [0.3, 0.4) is 0 Å². The van der Waals surface area contributed by atoms with Crippen molar-refractivity contribution in [3.63, 3.8) is 0 Å². The molecule has 0 aliphatic heterocycles. The van der Waals surface area contributed by atoms with E-state index in [4.69, 9.17) is 0 Å². The summed E-state index contributed by atoms with van der Waals surface area (Å²) in [6, 6.07) is 9.47. The number of benzene rings is 1. The lowest BCUT2D eigenvalue weighted by Crippen LogP contribution is -1.97. The molecule has 0 bridgehead atoms. The molecule has 2 rings (SSSR count). The Balaban J connectivity index is 2.36. The van der Waals surface area contributed by atoms with Gasteiger partial charge < -0.3 is 0 Å². The van der Waals surface area contributed by atoms with Crippen LogP contribution < -0.4 is 0 Å². The maximum atomic E-state index is 4.08. The maximum Gasteiger partial charge on any atom is -0.00120 e. The largest absolute Gasteiger partial charge is 0.124 e. The van der Waals surface area contributed by atoms with Crippen molar-refractivity contribution in [2.45, 2.75) is 52.4 Å². The van der Waals surface area contributed by atoms with Gasteiger partial charge in [-0.1, -0.05) is 51.5 Å². The molecule has 0 saturated carbocycles. The number of hydrogen-bond donors (Lipinski definition) is 0.